The maximum atomic E-state index is 12.6. The van der Waals surface area contributed by atoms with Crippen LogP contribution >= 0.6 is 0 Å². The summed E-state index contributed by atoms with van der Waals surface area (Å²) >= 11 is 0. The van der Waals surface area contributed by atoms with Crippen LogP contribution in [0.5, 0.6) is 0 Å². The van der Waals surface area contributed by atoms with Gasteiger partial charge in [0.15, 0.2) is 0 Å². The van der Waals surface area contributed by atoms with Crippen molar-refractivity contribution < 1.29 is 4.79 Å². The Morgan fingerprint density at radius 3 is 2.95 bits per heavy atom. The fourth-order valence-corrected chi connectivity index (χ4v) is 2.69. The lowest BCUT2D eigenvalue weighted by Gasteiger charge is -2.20. The second-order valence-electron chi connectivity index (χ2n) is 5.68. The number of hydrogen-bond donors (Lipinski definition) is 1. The second kappa shape index (κ2) is 5.69. The smallest absolute Gasteiger partial charge is 0.274 e. The molecule has 0 bridgehead atoms. The van der Waals surface area contributed by atoms with Gasteiger partial charge in [-0.15, -0.1) is 0 Å². The lowest BCUT2D eigenvalue weighted by molar-refractivity contribution is -0.126. The highest BCUT2D eigenvalue weighted by Gasteiger charge is 2.29. The first-order chi connectivity index (χ1) is 10.1. The van der Waals surface area contributed by atoms with Gasteiger partial charge in [-0.2, -0.15) is 0 Å². The number of likely N-dealkylation sites (N-methyl/N-ethyl adjacent to an activating group) is 1. The van der Waals surface area contributed by atoms with E-state index in [0.717, 1.165) is 30.8 Å². The van der Waals surface area contributed by atoms with Crippen LogP contribution in [-0.4, -0.2) is 55.1 Å². The third-order valence-corrected chi connectivity index (χ3v) is 4.07. The Bertz CT molecular complexity index is 606. The molecular weight excluding hydrogens is 264 g/mol. The molecule has 0 aromatic heterocycles. The minimum atomic E-state index is -0.00379. The number of para-hydroxylation sites is 1. The first-order valence-corrected chi connectivity index (χ1v) is 7.20. The van der Waals surface area contributed by atoms with Gasteiger partial charge in [-0.25, -0.2) is 4.99 Å². The summed E-state index contributed by atoms with van der Waals surface area (Å²) in [4.78, 5) is 21.0. The quantitative estimate of drug-likeness (QED) is 0.896. The van der Waals surface area contributed by atoms with E-state index in [1.54, 1.807) is 12.4 Å². The number of aliphatic imine (C=N–C) groups is 1. The molecular formula is C16H20N4O. The Labute approximate surface area is 125 Å². The zero-order valence-electron chi connectivity index (χ0n) is 12.4. The Morgan fingerprint density at radius 2 is 2.19 bits per heavy atom. The summed E-state index contributed by atoms with van der Waals surface area (Å²) in [5.41, 5.74) is 2.42. The summed E-state index contributed by atoms with van der Waals surface area (Å²) in [5.74, 6) is -0.00379. The largest absolute Gasteiger partial charge is 0.359 e. The average Bonchev–Trinajstić information content (AvgIpc) is 2.88. The lowest BCUT2D eigenvalue weighted by Crippen LogP contribution is -2.35. The van der Waals surface area contributed by atoms with Crippen LogP contribution in [0.3, 0.4) is 0 Å². The van der Waals surface area contributed by atoms with Gasteiger partial charge in [0.2, 0.25) is 0 Å². The Hall–Kier alpha value is -2.14. The van der Waals surface area contributed by atoms with Crippen molar-refractivity contribution >= 4 is 17.8 Å². The van der Waals surface area contributed by atoms with Crippen LogP contribution in [0.1, 0.15) is 12.0 Å². The van der Waals surface area contributed by atoms with E-state index < -0.39 is 0 Å². The van der Waals surface area contributed by atoms with Crippen LogP contribution in [0.2, 0.25) is 0 Å². The Balaban J connectivity index is 1.74. The number of nitrogens with zero attached hydrogens (tertiary/aromatic N) is 3. The number of carbonyl (C=O) groups is 1. The van der Waals surface area contributed by atoms with Gasteiger partial charge in [0, 0.05) is 42.8 Å². The number of amides is 1. The van der Waals surface area contributed by atoms with Gasteiger partial charge in [-0.1, -0.05) is 18.2 Å². The molecule has 3 rings (SSSR count). The highest BCUT2D eigenvalue weighted by atomic mass is 16.2. The van der Waals surface area contributed by atoms with Crippen molar-refractivity contribution in [2.75, 3.05) is 32.5 Å². The van der Waals surface area contributed by atoms with Crippen molar-refractivity contribution in [1.82, 2.24) is 9.80 Å². The van der Waals surface area contributed by atoms with E-state index in [1.165, 1.54) is 0 Å². The van der Waals surface area contributed by atoms with Crippen molar-refractivity contribution in [2.24, 2.45) is 4.99 Å². The number of hydrogen-bond acceptors (Lipinski definition) is 4. The monoisotopic (exact) mass is 284 g/mol. The molecule has 1 fully saturated rings. The van der Waals surface area contributed by atoms with Crippen molar-refractivity contribution in [3.63, 3.8) is 0 Å². The molecule has 110 valence electrons. The van der Waals surface area contributed by atoms with E-state index in [2.05, 4.69) is 29.3 Å². The van der Waals surface area contributed by atoms with Crippen LogP contribution in [0, 0.1) is 0 Å². The first kappa shape index (κ1) is 13.8. The summed E-state index contributed by atoms with van der Waals surface area (Å²) in [6.07, 6.45) is 4.47. The molecule has 0 aliphatic carbocycles. The number of likely N-dealkylation sites (tertiary alicyclic amines) is 1. The van der Waals surface area contributed by atoms with Gasteiger partial charge in [0.25, 0.3) is 5.91 Å². The molecule has 0 unspecified atom stereocenters. The minimum absolute atomic E-state index is 0.00379. The summed E-state index contributed by atoms with van der Waals surface area (Å²) < 4.78 is 0. The fraction of sp³-hybridized carbons (Fsp3) is 0.375. The SMILES string of the molecule is CN(C)[C@@H]1CCN(C(=O)C2=CNc3ccccc3C=N2)C1. The van der Waals surface area contributed by atoms with Gasteiger partial charge in [-0.05, 0) is 26.6 Å². The third kappa shape index (κ3) is 2.83. The Morgan fingerprint density at radius 1 is 1.38 bits per heavy atom. The van der Waals surface area contributed by atoms with E-state index in [-0.39, 0.29) is 5.91 Å². The molecule has 1 amide bonds. The topological polar surface area (TPSA) is 47.9 Å². The molecule has 0 saturated carbocycles. The second-order valence-corrected chi connectivity index (χ2v) is 5.68. The van der Waals surface area contributed by atoms with Gasteiger partial charge >= 0.3 is 0 Å². The molecule has 0 spiro atoms. The van der Waals surface area contributed by atoms with Crippen LogP contribution in [0.4, 0.5) is 5.69 Å². The van der Waals surface area contributed by atoms with Gasteiger partial charge in [0.1, 0.15) is 5.70 Å². The molecule has 1 N–H and O–H groups in total. The van der Waals surface area contributed by atoms with Crippen molar-refractivity contribution in [1.29, 1.82) is 0 Å². The zero-order valence-corrected chi connectivity index (χ0v) is 12.4. The third-order valence-electron chi connectivity index (χ3n) is 4.07. The fourth-order valence-electron chi connectivity index (χ4n) is 2.69. The maximum absolute atomic E-state index is 12.6. The average molecular weight is 284 g/mol. The number of benzene rings is 1. The maximum Gasteiger partial charge on any atom is 0.274 e. The summed E-state index contributed by atoms with van der Waals surface area (Å²) in [6, 6.07) is 8.31. The molecule has 1 aromatic rings. The predicted octanol–water partition coefficient (Wildman–Crippen LogP) is 1.53. The molecule has 0 radical (unpaired) electrons. The molecule has 5 heteroatoms. The minimum Gasteiger partial charge on any atom is -0.359 e. The van der Waals surface area contributed by atoms with E-state index in [1.807, 2.05) is 29.2 Å². The Kier molecular flexibility index (Phi) is 3.75. The van der Waals surface area contributed by atoms with Gasteiger partial charge in [-0.3, -0.25) is 4.79 Å². The molecule has 1 aromatic carbocycles. The molecule has 2 heterocycles. The predicted molar refractivity (Wildman–Crippen MR) is 84.4 cm³/mol. The summed E-state index contributed by atoms with van der Waals surface area (Å²) in [6.45, 7) is 1.56. The van der Waals surface area contributed by atoms with Gasteiger partial charge < -0.3 is 15.1 Å². The normalized spacial score (nSPS) is 20.8. The number of anilines is 1. The van der Waals surface area contributed by atoms with E-state index in [0.29, 0.717) is 11.7 Å². The molecule has 2 aliphatic rings. The van der Waals surface area contributed by atoms with E-state index >= 15 is 0 Å². The molecule has 5 nitrogen and oxygen atoms in total. The molecule has 1 saturated heterocycles. The first-order valence-electron chi connectivity index (χ1n) is 7.20. The number of nitrogens with one attached hydrogen (secondary N) is 1. The highest BCUT2D eigenvalue weighted by Crippen LogP contribution is 2.20. The number of fused-ring (bicyclic) bond motifs is 1. The van der Waals surface area contributed by atoms with E-state index in [9.17, 15) is 4.79 Å². The highest BCUT2D eigenvalue weighted by molar-refractivity contribution is 5.99. The standard InChI is InChI=1S/C16H20N4O/c1-19(2)13-7-8-20(11-13)16(21)15-10-18-14-6-4-3-5-12(14)9-17-15/h3-6,9-10,13,18H,7-8,11H2,1-2H3/t13-/m1/s1. The van der Waals surface area contributed by atoms with Crippen molar-refractivity contribution in [3.8, 4) is 0 Å². The lowest BCUT2D eigenvalue weighted by atomic mass is 10.2. The zero-order chi connectivity index (χ0) is 14.8. The van der Waals surface area contributed by atoms with Crippen LogP contribution in [-0.2, 0) is 4.79 Å². The van der Waals surface area contributed by atoms with Crippen molar-refractivity contribution in [2.45, 2.75) is 12.5 Å². The number of carbonyl (C=O) groups excluding carboxylic acids is 1. The van der Waals surface area contributed by atoms with E-state index in [4.69, 9.17) is 0 Å². The van der Waals surface area contributed by atoms with Crippen molar-refractivity contribution in [3.05, 3.63) is 41.7 Å². The molecule has 2 aliphatic heterocycles. The number of rotatable bonds is 2. The summed E-state index contributed by atoms with van der Waals surface area (Å²) in [7, 11) is 4.11. The van der Waals surface area contributed by atoms with Crippen LogP contribution in [0.15, 0.2) is 41.2 Å². The van der Waals surface area contributed by atoms with Gasteiger partial charge in [0.05, 0.1) is 0 Å². The molecule has 21 heavy (non-hydrogen) atoms. The van der Waals surface area contributed by atoms with Crippen LogP contribution in [0.25, 0.3) is 0 Å². The molecule has 1 atom stereocenters. The summed E-state index contributed by atoms with van der Waals surface area (Å²) in [5, 5.41) is 3.17. The van der Waals surface area contributed by atoms with Crippen LogP contribution < -0.4 is 5.32 Å².